The largest absolute Gasteiger partial charge is 0.353 e. The lowest BCUT2D eigenvalue weighted by molar-refractivity contribution is -0.126. The van der Waals surface area contributed by atoms with Crippen molar-refractivity contribution in [2.75, 3.05) is 31.1 Å². The molecule has 30 heavy (non-hydrogen) atoms. The first-order valence-corrected chi connectivity index (χ1v) is 10.3. The number of aryl methyl sites for hydroxylation is 1. The van der Waals surface area contributed by atoms with Crippen molar-refractivity contribution in [2.24, 2.45) is 0 Å². The molecule has 1 saturated heterocycles. The number of hydrogen-bond donors (Lipinski definition) is 0. The van der Waals surface area contributed by atoms with Gasteiger partial charge in [0.25, 0.3) is 0 Å². The van der Waals surface area contributed by atoms with E-state index in [0.717, 1.165) is 41.6 Å². The molecule has 2 aromatic carbocycles. The van der Waals surface area contributed by atoms with Gasteiger partial charge in [-0.2, -0.15) is 0 Å². The number of rotatable bonds is 4. The van der Waals surface area contributed by atoms with Crippen molar-refractivity contribution in [3.05, 3.63) is 83.2 Å². The summed E-state index contributed by atoms with van der Waals surface area (Å²) in [5, 5.41) is 0.685. The van der Waals surface area contributed by atoms with Crippen LogP contribution in [0.5, 0.6) is 0 Å². The number of carbonyl (C=O) groups is 1. The Balaban J connectivity index is 1.40. The summed E-state index contributed by atoms with van der Waals surface area (Å²) < 4.78 is 0. The fourth-order valence-corrected chi connectivity index (χ4v) is 3.60. The Hall–Kier alpha value is -3.18. The van der Waals surface area contributed by atoms with Crippen molar-refractivity contribution >= 4 is 29.4 Å². The maximum Gasteiger partial charge on any atom is 0.246 e. The third-order valence-corrected chi connectivity index (χ3v) is 5.35. The van der Waals surface area contributed by atoms with E-state index in [2.05, 4.69) is 27.0 Å². The SMILES string of the molecule is Cc1nc(-c2ccccc2)cc(N2CCN(C(=O)/C=C/c3ccc(Cl)cc3)CC2)n1. The van der Waals surface area contributed by atoms with Gasteiger partial charge < -0.3 is 9.80 Å². The van der Waals surface area contributed by atoms with Crippen molar-refractivity contribution in [2.45, 2.75) is 6.92 Å². The highest BCUT2D eigenvalue weighted by molar-refractivity contribution is 6.30. The van der Waals surface area contributed by atoms with Crippen LogP contribution in [0.1, 0.15) is 11.4 Å². The molecule has 1 amide bonds. The Kier molecular flexibility index (Phi) is 6.10. The molecular formula is C24H23ClN4O. The van der Waals surface area contributed by atoms with Gasteiger partial charge in [0, 0.05) is 48.9 Å². The smallest absolute Gasteiger partial charge is 0.246 e. The van der Waals surface area contributed by atoms with Gasteiger partial charge in [-0.05, 0) is 30.7 Å². The van der Waals surface area contributed by atoms with Gasteiger partial charge in [-0.1, -0.05) is 54.1 Å². The Morgan fingerprint density at radius 2 is 1.67 bits per heavy atom. The normalized spacial score (nSPS) is 14.3. The molecule has 0 aliphatic carbocycles. The second-order valence-electron chi connectivity index (χ2n) is 7.22. The summed E-state index contributed by atoms with van der Waals surface area (Å²) in [6.45, 7) is 4.72. The molecule has 6 heteroatoms. The summed E-state index contributed by atoms with van der Waals surface area (Å²) in [5.41, 5.74) is 2.95. The molecule has 0 spiro atoms. The number of anilines is 1. The van der Waals surface area contributed by atoms with Crippen LogP contribution in [0.15, 0.2) is 66.7 Å². The number of amides is 1. The van der Waals surface area contributed by atoms with Gasteiger partial charge in [0.05, 0.1) is 5.69 Å². The molecule has 2 heterocycles. The first-order valence-electron chi connectivity index (χ1n) is 9.97. The second-order valence-corrected chi connectivity index (χ2v) is 7.66. The van der Waals surface area contributed by atoms with E-state index in [1.165, 1.54) is 0 Å². The van der Waals surface area contributed by atoms with Crippen LogP contribution < -0.4 is 4.90 Å². The van der Waals surface area contributed by atoms with Crippen LogP contribution in [0.3, 0.4) is 0 Å². The molecular weight excluding hydrogens is 396 g/mol. The van der Waals surface area contributed by atoms with Crippen LogP contribution >= 0.6 is 11.6 Å². The van der Waals surface area contributed by atoms with Crippen molar-refractivity contribution in [1.82, 2.24) is 14.9 Å². The van der Waals surface area contributed by atoms with E-state index in [-0.39, 0.29) is 5.91 Å². The Morgan fingerprint density at radius 3 is 2.37 bits per heavy atom. The number of aromatic nitrogens is 2. The van der Waals surface area contributed by atoms with Crippen molar-refractivity contribution in [3.63, 3.8) is 0 Å². The summed E-state index contributed by atoms with van der Waals surface area (Å²) >= 11 is 5.90. The number of hydrogen-bond acceptors (Lipinski definition) is 4. The third-order valence-electron chi connectivity index (χ3n) is 5.10. The van der Waals surface area contributed by atoms with Gasteiger partial charge in [0.1, 0.15) is 11.6 Å². The molecule has 0 saturated carbocycles. The summed E-state index contributed by atoms with van der Waals surface area (Å²) in [6.07, 6.45) is 3.45. The second kappa shape index (κ2) is 9.09. The molecule has 5 nitrogen and oxygen atoms in total. The van der Waals surface area contributed by atoms with Crippen LogP contribution in [0.25, 0.3) is 17.3 Å². The van der Waals surface area contributed by atoms with Crippen LogP contribution in [0.4, 0.5) is 5.82 Å². The summed E-state index contributed by atoms with van der Waals surface area (Å²) in [4.78, 5) is 25.8. The van der Waals surface area contributed by atoms with Crippen molar-refractivity contribution in [1.29, 1.82) is 0 Å². The minimum atomic E-state index is 0.0217. The standard InChI is InChI=1S/C24H23ClN4O/c1-18-26-22(20-5-3-2-4-6-20)17-23(27-18)28-13-15-29(16-14-28)24(30)12-9-19-7-10-21(25)11-8-19/h2-12,17H,13-16H2,1H3/b12-9+. The molecule has 0 atom stereocenters. The molecule has 0 unspecified atom stereocenters. The average Bonchev–Trinajstić information content (AvgIpc) is 2.79. The minimum Gasteiger partial charge on any atom is -0.353 e. The lowest BCUT2D eigenvalue weighted by Gasteiger charge is -2.35. The van der Waals surface area contributed by atoms with E-state index in [1.54, 1.807) is 6.08 Å². The first-order chi connectivity index (χ1) is 14.6. The maximum atomic E-state index is 12.5. The minimum absolute atomic E-state index is 0.0217. The van der Waals surface area contributed by atoms with E-state index in [9.17, 15) is 4.79 Å². The van der Waals surface area contributed by atoms with Crippen LogP contribution in [-0.2, 0) is 4.79 Å². The molecule has 1 aliphatic heterocycles. The van der Waals surface area contributed by atoms with Crippen molar-refractivity contribution < 1.29 is 4.79 Å². The monoisotopic (exact) mass is 418 g/mol. The van der Waals surface area contributed by atoms with Crippen LogP contribution in [0.2, 0.25) is 5.02 Å². The number of nitrogens with zero attached hydrogens (tertiary/aromatic N) is 4. The fourth-order valence-electron chi connectivity index (χ4n) is 3.47. The van der Waals surface area contributed by atoms with Crippen LogP contribution in [0, 0.1) is 6.92 Å². The predicted molar refractivity (Wildman–Crippen MR) is 121 cm³/mol. The number of halogens is 1. The van der Waals surface area contributed by atoms with Gasteiger partial charge in [-0.25, -0.2) is 9.97 Å². The van der Waals surface area contributed by atoms with Crippen LogP contribution in [-0.4, -0.2) is 47.0 Å². The Morgan fingerprint density at radius 1 is 0.967 bits per heavy atom. The number of piperazine rings is 1. The van der Waals surface area contributed by atoms with E-state index < -0.39 is 0 Å². The van der Waals surface area contributed by atoms with E-state index in [0.29, 0.717) is 18.1 Å². The zero-order chi connectivity index (χ0) is 20.9. The lowest BCUT2D eigenvalue weighted by Crippen LogP contribution is -2.48. The molecule has 1 aromatic heterocycles. The van der Waals surface area contributed by atoms with Gasteiger partial charge in [-0.15, -0.1) is 0 Å². The molecule has 3 aromatic rings. The maximum absolute atomic E-state index is 12.5. The van der Waals surface area contributed by atoms with Gasteiger partial charge >= 0.3 is 0 Å². The summed E-state index contributed by atoms with van der Waals surface area (Å²) in [6, 6.07) is 19.6. The zero-order valence-electron chi connectivity index (χ0n) is 16.8. The Bertz CT molecular complexity index is 1040. The zero-order valence-corrected chi connectivity index (χ0v) is 17.6. The Labute approximate surface area is 181 Å². The van der Waals surface area contributed by atoms with E-state index >= 15 is 0 Å². The highest BCUT2D eigenvalue weighted by atomic mass is 35.5. The summed E-state index contributed by atoms with van der Waals surface area (Å²) in [5.74, 6) is 1.68. The molecule has 1 fully saturated rings. The topological polar surface area (TPSA) is 49.3 Å². The van der Waals surface area contributed by atoms with Crippen molar-refractivity contribution in [3.8, 4) is 11.3 Å². The average molecular weight is 419 g/mol. The quantitative estimate of drug-likeness (QED) is 0.586. The van der Waals surface area contributed by atoms with E-state index in [4.69, 9.17) is 11.6 Å². The first kappa shape index (κ1) is 20.1. The predicted octanol–water partition coefficient (Wildman–Crippen LogP) is 4.47. The van der Waals surface area contributed by atoms with E-state index in [1.807, 2.05) is 66.4 Å². The van der Waals surface area contributed by atoms with Gasteiger partial charge in [0.15, 0.2) is 0 Å². The molecule has 0 bridgehead atoms. The third kappa shape index (κ3) is 4.86. The molecule has 0 radical (unpaired) electrons. The highest BCUT2D eigenvalue weighted by Gasteiger charge is 2.21. The number of carbonyl (C=O) groups excluding carboxylic acids is 1. The van der Waals surface area contributed by atoms with Gasteiger partial charge in [-0.3, -0.25) is 4.79 Å². The molecule has 0 N–H and O–H groups in total. The lowest BCUT2D eigenvalue weighted by atomic mass is 10.1. The summed E-state index contributed by atoms with van der Waals surface area (Å²) in [7, 11) is 0. The highest BCUT2D eigenvalue weighted by Crippen LogP contribution is 2.22. The fraction of sp³-hybridized carbons (Fsp3) is 0.208. The number of benzene rings is 2. The molecule has 4 rings (SSSR count). The molecule has 152 valence electrons. The molecule has 1 aliphatic rings. The van der Waals surface area contributed by atoms with Gasteiger partial charge in [0.2, 0.25) is 5.91 Å².